The lowest BCUT2D eigenvalue weighted by Crippen LogP contribution is -2.36. The number of methoxy groups -OCH3 is 2. The van der Waals surface area contributed by atoms with Gasteiger partial charge in [-0.15, -0.1) is 0 Å². The largest absolute Gasteiger partial charge is 0.493 e. The van der Waals surface area contributed by atoms with Crippen LogP contribution in [0, 0.1) is 0 Å². The molecule has 0 aliphatic rings. The van der Waals surface area contributed by atoms with Crippen LogP contribution in [0.5, 0.6) is 11.5 Å². The summed E-state index contributed by atoms with van der Waals surface area (Å²) in [7, 11) is 3.07. The normalized spacial score (nSPS) is 12.3. The van der Waals surface area contributed by atoms with Gasteiger partial charge in [0.1, 0.15) is 0 Å². The molecule has 1 aromatic rings. The lowest BCUT2D eigenvalue weighted by Gasteiger charge is -2.27. The number of hydrogen-bond donors (Lipinski definition) is 1. The van der Waals surface area contributed by atoms with Gasteiger partial charge in [0, 0.05) is 12.6 Å². The second-order valence-electron chi connectivity index (χ2n) is 4.83. The molecule has 1 unspecified atom stereocenters. The molecule has 0 aromatic heterocycles. The maximum atomic E-state index is 11.0. The van der Waals surface area contributed by atoms with E-state index in [1.807, 2.05) is 24.8 Å². The molecule has 1 N–H and O–H groups in total. The minimum Gasteiger partial charge on any atom is -0.493 e. The van der Waals surface area contributed by atoms with Crippen LogP contribution in [-0.2, 0) is 11.3 Å². The lowest BCUT2D eigenvalue weighted by atomic mass is 10.1. The Morgan fingerprint density at radius 3 is 2.52 bits per heavy atom. The van der Waals surface area contributed by atoms with Gasteiger partial charge in [0.2, 0.25) is 0 Å². The van der Waals surface area contributed by atoms with Crippen LogP contribution in [0.15, 0.2) is 12.1 Å². The zero-order valence-electron chi connectivity index (χ0n) is 12.9. The molecule has 0 heterocycles. The molecule has 118 valence electrons. The number of nitrogens with zero attached hydrogens (tertiary/aromatic N) is 1. The molecule has 21 heavy (non-hydrogen) atoms. The summed E-state index contributed by atoms with van der Waals surface area (Å²) in [6.45, 7) is 4.44. The third kappa shape index (κ3) is 4.51. The van der Waals surface area contributed by atoms with E-state index in [4.69, 9.17) is 26.2 Å². The molecular weight excluding hydrogens is 294 g/mol. The van der Waals surface area contributed by atoms with E-state index in [0.717, 1.165) is 12.0 Å². The fraction of sp³-hybridized carbons (Fsp3) is 0.533. The van der Waals surface area contributed by atoms with Crippen LogP contribution in [0.4, 0.5) is 0 Å². The number of benzene rings is 1. The van der Waals surface area contributed by atoms with Crippen molar-refractivity contribution in [1.82, 2.24) is 4.90 Å². The van der Waals surface area contributed by atoms with E-state index in [9.17, 15) is 4.79 Å². The molecule has 6 heteroatoms. The fourth-order valence-electron chi connectivity index (χ4n) is 2.07. The molecule has 0 bridgehead atoms. The summed E-state index contributed by atoms with van der Waals surface area (Å²) < 4.78 is 10.5. The van der Waals surface area contributed by atoms with Gasteiger partial charge in [0.05, 0.1) is 25.8 Å². The summed E-state index contributed by atoms with van der Waals surface area (Å²) in [5.74, 6) is 0.169. The van der Waals surface area contributed by atoms with Crippen LogP contribution in [0.1, 0.15) is 25.8 Å². The second-order valence-corrected chi connectivity index (χ2v) is 5.21. The molecule has 0 fully saturated rings. The highest BCUT2D eigenvalue weighted by atomic mass is 35.5. The van der Waals surface area contributed by atoms with Crippen molar-refractivity contribution in [2.24, 2.45) is 0 Å². The Labute approximate surface area is 130 Å². The predicted octanol–water partition coefficient (Wildman–Crippen LogP) is 3.04. The second kappa shape index (κ2) is 8.10. The number of hydrogen-bond acceptors (Lipinski definition) is 4. The van der Waals surface area contributed by atoms with E-state index in [1.54, 1.807) is 13.2 Å². The van der Waals surface area contributed by atoms with E-state index < -0.39 is 5.97 Å². The third-order valence-corrected chi connectivity index (χ3v) is 3.91. The molecule has 0 radical (unpaired) electrons. The molecule has 5 nitrogen and oxygen atoms in total. The fourth-order valence-corrected chi connectivity index (χ4v) is 2.36. The Morgan fingerprint density at radius 2 is 2.05 bits per heavy atom. The smallest absolute Gasteiger partial charge is 0.317 e. The standard InChI is InChI=1S/C15H22ClNO4/c1-5-10(2)17(9-13(18)19)8-11-6-7-12(20-3)15(21-4)14(11)16/h6-7,10H,5,8-9H2,1-4H3,(H,18,19). The number of ether oxygens (including phenoxy) is 2. The summed E-state index contributed by atoms with van der Waals surface area (Å²) in [6.07, 6.45) is 0.859. The van der Waals surface area contributed by atoms with E-state index in [-0.39, 0.29) is 12.6 Å². The summed E-state index contributed by atoms with van der Waals surface area (Å²) in [6, 6.07) is 3.75. The van der Waals surface area contributed by atoms with Crippen molar-refractivity contribution >= 4 is 17.6 Å². The molecule has 1 atom stereocenters. The third-order valence-electron chi connectivity index (χ3n) is 3.49. The minimum absolute atomic E-state index is 0.0281. The van der Waals surface area contributed by atoms with Gasteiger partial charge in [-0.3, -0.25) is 9.69 Å². The molecule has 0 aliphatic carbocycles. The number of halogens is 1. The van der Waals surface area contributed by atoms with Gasteiger partial charge >= 0.3 is 5.97 Å². The Balaban J connectivity index is 3.06. The quantitative estimate of drug-likeness (QED) is 0.799. The minimum atomic E-state index is -0.855. The molecular formula is C15H22ClNO4. The van der Waals surface area contributed by atoms with Gasteiger partial charge in [-0.1, -0.05) is 24.6 Å². The van der Waals surface area contributed by atoms with Crippen LogP contribution in [-0.4, -0.2) is 42.8 Å². The molecule has 0 spiro atoms. The first-order valence-corrected chi connectivity index (χ1v) is 7.17. The first-order chi connectivity index (χ1) is 9.94. The average molecular weight is 316 g/mol. The maximum Gasteiger partial charge on any atom is 0.317 e. The summed E-state index contributed by atoms with van der Waals surface area (Å²) >= 11 is 6.34. The van der Waals surface area contributed by atoms with Crippen LogP contribution >= 0.6 is 11.6 Å². The average Bonchev–Trinajstić information content (AvgIpc) is 2.46. The topological polar surface area (TPSA) is 59.0 Å². The Bertz CT molecular complexity index is 493. The number of carbonyl (C=O) groups is 1. The summed E-state index contributed by atoms with van der Waals surface area (Å²) in [5, 5.41) is 9.49. The Hall–Kier alpha value is -1.46. The molecule has 1 aromatic carbocycles. The van der Waals surface area contributed by atoms with Crippen molar-refractivity contribution in [3.63, 3.8) is 0 Å². The Morgan fingerprint density at radius 1 is 1.38 bits per heavy atom. The van der Waals surface area contributed by atoms with E-state index >= 15 is 0 Å². The lowest BCUT2D eigenvalue weighted by molar-refractivity contribution is -0.139. The van der Waals surface area contributed by atoms with Gasteiger partial charge in [-0.05, 0) is 25.0 Å². The first kappa shape index (κ1) is 17.6. The predicted molar refractivity (Wildman–Crippen MR) is 82.4 cm³/mol. The van der Waals surface area contributed by atoms with Crippen molar-refractivity contribution in [3.05, 3.63) is 22.7 Å². The number of rotatable bonds is 8. The highest BCUT2D eigenvalue weighted by Gasteiger charge is 2.20. The van der Waals surface area contributed by atoms with Crippen LogP contribution in [0.2, 0.25) is 5.02 Å². The highest BCUT2D eigenvalue weighted by molar-refractivity contribution is 6.33. The van der Waals surface area contributed by atoms with Gasteiger partial charge in [-0.2, -0.15) is 0 Å². The van der Waals surface area contributed by atoms with Crippen molar-refractivity contribution < 1.29 is 19.4 Å². The number of carboxylic acid groups (broad SMARTS) is 1. The SMILES string of the molecule is CCC(C)N(CC(=O)O)Cc1ccc(OC)c(OC)c1Cl. The van der Waals surface area contributed by atoms with E-state index in [1.165, 1.54) is 7.11 Å². The van der Waals surface area contributed by atoms with Gasteiger partial charge in [0.15, 0.2) is 11.5 Å². The van der Waals surface area contributed by atoms with Crippen LogP contribution < -0.4 is 9.47 Å². The maximum absolute atomic E-state index is 11.0. The first-order valence-electron chi connectivity index (χ1n) is 6.79. The van der Waals surface area contributed by atoms with E-state index in [2.05, 4.69) is 0 Å². The monoisotopic (exact) mass is 315 g/mol. The van der Waals surface area contributed by atoms with Gasteiger partial charge < -0.3 is 14.6 Å². The number of aliphatic carboxylic acids is 1. The van der Waals surface area contributed by atoms with Gasteiger partial charge in [-0.25, -0.2) is 0 Å². The zero-order chi connectivity index (χ0) is 16.0. The zero-order valence-corrected chi connectivity index (χ0v) is 13.6. The number of carboxylic acids is 1. The highest BCUT2D eigenvalue weighted by Crippen LogP contribution is 2.37. The van der Waals surface area contributed by atoms with E-state index in [0.29, 0.717) is 23.1 Å². The van der Waals surface area contributed by atoms with Crippen LogP contribution in [0.25, 0.3) is 0 Å². The van der Waals surface area contributed by atoms with Crippen molar-refractivity contribution in [1.29, 1.82) is 0 Å². The molecule has 0 amide bonds. The van der Waals surface area contributed by atoms with Gasteiger partial charge in [0.25, 0.3) is 0 Å². The summed E-state index contributed by atoms with van der Waals surface area (Å²) in [5.41, 5.74) is 0.816. The van der Waals surface area contributed by atoms with Crippen molar-refractivity contribution in [2.45, 2.75) is 32.9 Å². The molecule has 0 aliphatic heterocycles. The Kier molecular flexibility index (Phi) is 6.78. The van der Waals surface area contributed by atoms with Crippen molar-refractivity contribution in [3.8, 4) is 11.5 Å². The molecule has 1 rings (SSSR count). The van der Waals surface area contributed by atoms with Crippen LogP contribution in [0.3, 0.4) is 0 Å². The summed E-state index contributed by atoms with van der Waals surface area (Å²) in [4.78, 5) is 12.9. The molecule has 0 saturated carbocycles. The molecule has 0 saturated heterocycles. The van der Waals surface area contributed by atoms with Crippen molar-refractivity contribution in [2.75, 3.05) is 20.8 Å².